The monoisotopic (exact) mass is 286 g/mol. The van der Waals surface area contributed by atoms with Gasteiger partial charge in [0.25, 0.3) is 0 Å². The van der Waals surface area contributed by atoms with Gasteiger partial charge in [0.2, 0.25) is 10.0 Å². The van der Waals surface area contributed by atoms with E-state index in [4.69, 9.17) is 0 Å². The van der Waals surface area contributed by atoms with E-state index in [1.165, 1.54) is 17.5 Å². The van der Waals surface area contributed by atoms with E-state index in [0.29, 0.717) is 6.54 Å². The lowest BCUT2D eigenvalue weighted by Gasteiger charge is -2.13. The van der Waals surface area contributed by atoms with Crippen LogP contribution in [-0.4, -0.2) is 49.2 Å². The maximum Gasteiger partial charge on any atom is 0.246 e. The van der Waals surface area contributed by atoms with Gasteiger partial charge in [-0.3, -0.25) is 4.68 Å². The average Bonchev–Trinajstić information content (AvgIpc) is 2.84. The molecular formula is C12H22N4O2S. The highest BCUT2D eigenvalue weighted by Gasteiger charge is 2.21. The molecule has 0 radical (unpaired) electrons. The first-order valence-electron chi connectivity index (χ1n) is 6.32. The highest BCUT2D eigenvalue weighted by atomic mass is 32.2. The molecule has 0 aromatic carbocycles. The molecule has 0 unspecified atom stereocenters. The smallest absolute Gasteiger partial charge is 0.246 e. The zero-order valence-electron chi connectivity index (χ0n) is 11.5. The van der Waals surface area contributed by atoms with Crippen LogP contribution in [0.1, 0.15) is 13.3 Å². The molecule has 1 N–H and O–H groups in total. The Balaban J connectivity index is 2.65. The van der Waals surface area contributed by atoms with E-state index in [-0.39, 0.29) is 11.4 Å². The van der Waals surface area contributed by atoms with E-state index in [9.17, 15) is 8.42 Å². The second-order valence-electron chi connectivity index (χ2n) is 4.22. The van der Waals surface area contributed by atoms with Crippen molar-refractivity contribution in [1.29, 1.82) is 0 Å². The van der Waals surface area contributed by atoms with Crippen LogP contribution in [0.5, 0.6) is 0 Å². The summed E-state index contributed by atoms with van der Waals surface area (Å²) in [7, 11) is -1.93. The minimum absolute atomic E-state index is 0.223. The van der Waals surface area contributed by atoms with E-state index in [1.54, 1.807) is 17.0 Å². The molecule has 0 bridgehead atoms. The molecule has 1 aromatic rings. The molecule has 1 aromatic heterocycles. The van der Waals surface area contributed by atoms with Gasteiger partial charge in [0.1, 0.15) is 4.90 Å². The van der Waals surface area contributed by atoms with Crippen molar-refractivity contribution in [1.82, 2.24) is 19.4 Å². The zero-order valence-corrected chi connectivity index (χ0v) is 12.4. The van der Waals surface area contributed by atoms with Gasteiger partial charge in [-0.2, -0.15) is 9.40 Å². The van der Waals surface area contributed by atoms with Crippen LogP contribution in [0.15, 0.2) is 29.9 Å². The first-order valence-corrected chi connectivity index (χ1v) is 7.76. The number of aryl methyl sites for hydroxylation is 1. The Morgan fingerprint density at radius 1 is 1.58 bits per heavy atom. The maximum atomic E-state index is 12.1. The van der Waals surface area contributed by atoms with Crippen LogP contribution in [0.3, 0.4) is 0 Å². The van der Waals surface area contributed by atoms with Crippen LogP contribution >= 0.6 is 0 Å². The van der Waals surface area contributed by atoms with Gasteiger partial charge in [0.15, 0.2) is 0 Å². The Morgan fingerprint density at radius 2 is 2.32 bits per heavy atom. The van der Waals surface area contributed by atoms with Crippen molar-refractivity contribution in [3.05, 3.63) is 25.0 Å². The molecule has 0 amide bonds. The van der Waals surface area contributed by atoms with Crippen molar-refractivity contribution < 1.29 is 8.42 Å². The molecule has 0 atom stereocenters. The van der Waals surface area contributed by atoms with Crippen LogP contribution in [0.4, 0.5) is 0 Å². The predicted octanol–water partition coefficient (Wildman–Crippen LogP) is 0.689. The van der Waals surface area contributed by atoms with E-state index >= 15 is 0 Å². The standard InChI is InChI=1S/C12H22N4O2S/c1-4-8-15(3)19(17,18)12-10-14-16(11-12)9-6-7-13-5-2/h4,10-11,13H,1,5-9H2,2-3H3. The van der Waals surface area contributed by atoms with Gasteiger partial charge >= 0.3 is 0 Å². The summed E-state index contributed by atoms with van der Waals surface area (Å²) in [6.45, 7) is 8.41. The molecule has 0 aliphatic heterocycles. The van der Waals surface area contributed by atoms with Gasteiger partial charge in [-0.15, -0.1) is 6.58 Å². The fourth-order valence-corrected chi connectivity index (χ4v) is 2.70. The normalized spacial score (nSPS) is 11.9. The van der Waals surface area contributed by atoms with Crippen LogP contribution in [0.2, 0.25) is 0 Å². The van der Waals surface area contributed by atoms with E-state index in [2.05, 4.69) is 17.0 Å². The Morgan fingerprint density at radius 3 is 2.95 bits per heavy atom. The summed E-state index contributed by atoms with van der Waals surface area (Å²) in [4.78, 5) is 0.223. The van der Waals surface area contributed by atoms with Crippen molar-refractivity contribution in [2.45, 2.75) is 24.8 Å². The molecule has 6 nitrogen and oxygen atoms in total. The van der Waals surface area contributed by atoms with Crippen molar-refractivity contribution in [3.63, 3.8) is 0 Å². The maximum absolute atomic E-state index is 12.1. The van der Waals surface area contributed by atoms with Gasteiger partial charge in [0, 0.05) is 26.3 Å². The van der Waals surface area contributed by atoms with Crippen LogP contribution in [0, 0.1) is 0 Å². The molecule has 0 fully saturated rings. The molecule has 7 heteroatoms. The fraction of sp³-hybridized carbons (Fsp3) is 0.583. The van der Waals surface area contributed by atoms with E-state index in [1.807, 2.05) is 6.92 Å². The van der Waals surface area contributed by atoms with Gasteiger partial charge < -0.3 is 5.32 Å². The predicted molar refractivity (Wildman–Crippen MR) is 75.4 cm³/mol. The van der Waals surface area contributed by atoms with Crippen molar-refractivity contribution >= 4 is 10.0 Å². The first-order chi connectivity index (χ1) is 9.02. The summed E-state index contributed by atoms with van der Waals surface area (Å²) in [5, 5.41) is 7.29. The molecular weight excluding hydrogens is 264 g/mol. The molecule has 0 aliphatic carbocycles. The molecule has 1 rings (SSSR count). The van der Waals surface area contributed by atoms with Crippen molar-refractivity contribution in [2.75, 3.05) is 26.7 Å². The first kappa shape index (κ1) is 15.9. The summed E-state index contributed by atoms with van der Waals surface area (Å²) in [5.74, 6) is 0. The minimum Gasteiger partial charge on any atom is -0.317 e. The number of nitrogens with zero attached hydrogens (tertiary/aromatic N) is 3. The lowest BCUT2D eigenvalue weighted by atomic mass is 10.4. The third-order valence-electron chi connectivity index (χ3n) is 2.69. The zero-order chi connectivity index (χ0) is 14.3. The molecule has 1 heterocycles. The van der Waals surface area contributed by atoms with E-state index in [0.717, 1.165) is 19.5 Å². The Hall–Kier alpha value is -1.18. The lowest BCUT2D eigenvalue weighted by molar-refractivity contribution is 0.499. The SMILES string of the molecule is C=CCN(C)S(=O)(=O)c1cnn(CCCNCC)c1. The van der Waals surface area contributed by atoms with E-state index < -0.39 is 10.0 Å². The second-order valence-corrected chi connectivity index (χ2v) is 6.27. The van der Waals surface area contributed by atoms with Crippen LogP contribution in [-0.2, 0) is 16.6 Å². The number of likely N-dealkylation sites (N-methyl/N-ethyl adjacent to an activating group) is 1. The summed E-state index contributed by atoms with van der Waals surface area (Å²) in [6.07, 6.45) is 5.43. The second kappa shape index (κ2) is 7.42. The molecule has 0 saturated heterocycles. The largest absolute Gasteiger partial charge is 0.317 e. The highest BCUT2D eigenvalue weighted by molar-refractivity contribution is 7.89. The number of hydrogen-bond donors (Lipinski definition) is 1. The summed E-state index contributed by atoms with van der Waals surface area (Å²) in [6, 6.07) is 0. The topological polar surface area (TPSA) is 67.2 Å². The van der Waals surface area contributed by atoms with Crippen molar-refractivity contribution in [2.24, 2.45) is 0 Å². The molecule has 0 saturated carbocycles. The Labute approximate surface area is 115 Å². The fourth-order valence-electron chi connectivity index (χ4n) is 1.60. The summed E-state index contributed by atoms with van der Waals surface area (Å²) >= 11 is 0. The average molecular weight is 286 g/mol. The van der Waals surface area contributed by atoms with Gasteiger partial charge in [-0.1, -0.05) is 13.0 Å². The summed E-state index contributed by atoms with van der Waals surface area (Å²) < 4.78 is 27.2. The van der Waals surface area contributed by atoms with Gasteiger partial charge in [-0.05, 0) is 19.5 Å². The molecule has 108 valence electrons. The quantitative estimate of drug-likeness (QED) is 0.536. The Kier molecular flexibility index (Phi) is 6.20. The van der Waals surface area contributed by atoms with Crippen molar-refractivity contribution in [3.8, 4) is 0 Å². The lowest BCUT2D eigenvalue weighted by Crippen LogP contribution is -2.26. The van der Waals surface area contributed by atoms with Gasteiger partial charge in [-0.25, -0.2) is 8.42 Å². The molecule has 0 spiro atoms. The number of nitrogens with one attached hydrogen (secondary N) is 1. The highest BCUT2D eigenvalue weighted by Crippen LogP contribution is 2.13. The molecule has 19 heavy (non-hydrogen) atoms. The third-order valence-corrected chi connectivity index (χ3v) is 4.47. The summed E-state index contributed by atoms with van der Waals surface area (Å²) in [5.41, 5.74) is 0. The number of aromatic nitrogens is 2. The molecule has 0 aliphatic rings. The van der Waals surface area contributed by atoms with Crippen LogP contribution < -0.4 is 5.32 Å². The number of rotatable bonds is 9. The van der Waals surface area contributed by atoms with Gasteiger partial charge in [0.05, 0.1) is 6.20 Å². The minimum atomic E-state index is -3.45. The Bertz CT molecular complexity index is 496. The number of sulfonamides is 1. The van der Waals surface area contributed by atoms with Crippen LogP contribution in [0.25, 0.3) is 0 Å². The number of hydrogen-bond acceptors (Lipinski definition) is 4. The third kappa shape index (κ3) is 4.45.